The molecule has 4 rings (SSSR count). The van der Waals surface area contributed by atoms with E-state index in [1.807, 2.05) is 0 Å². The second-order valence-electron chi connectivity index (χ2n) is 11.7. The predicted octanol–water partition coefficient (Wildman–Crippen LogP) is -4.92. The average Bonchev–Trinajstić information content (AvgIpc) is 2.95. The number of aliphatic hydroxyl groups excluding tert-OH is 6. The number of carboxylic acids is 1. The molecular formula is C27H45NaO13. The molecule has 4 fully saturated rings. The fourth-order valence-corrected chi connectivity index (χ4v) is 6.29. The topological polar surface area (TPSA) is 208 Å². The number of rotatable bonds is 10. The largest absolute Gasteiger partial charge is 1.00 e. The maximum atomic E-state index is 11.9. The van der Waals surface area contributed by atoms with Gasteiger partial charge in [0.1, 0.15) is 42.7 Å². The molecule has 4 aliphatic rings. The minimum atomic E-state index is -1.60. The molecule has 2 aliphatic heterocycles. The van der Waals surface area contributed by atoms with E-state index in [1.54, 1.807) is 6.92 Å². The van der Waals surface area contributed by atoms with Crippen LogP contribution in [0.4, 0.5) is 0 Å². The second kappa shape index (κ2) is 16.4. The molecular weight excluding hydrogens is 555 g/mol. The minimum Gasteiger partial charge on any atom is -0.547 e. The second-order valence-corrected chi connectivity index (χ2v) is 11.7. The van der Waals surface area contributed by atoms with Crippen LogP contribution in [0.5, 0.6) is 0 Å². The third-order valence-electron chi connectivity index (χ3n) is 8.75. The molecule has 232 valence electrons. The van der Waals surface area contributed by atoms with E-state index in [2.05, 4.69) is 0 Å². The molecule has 0 unspecified atom stereocenters. The molecule has 0 aromatic rings. The fourth-order valence-electron chi connectivity index (χ4n) is 6.29. The van der Waals surface area contributed by atoms with Gasteiger partial charge in [-0.1, -0.05) is 44.9 Å². The Morgan fingerprint density at radius 3 is 1.93 bits per heavy atom. The van der Waals surface area contributed by atoms with Gasteiger partial charge in [-0.3, -0.25) is 0 Å². The van der Waals surface area contributed by atoms with Crippen LogP contribution in [0.15, 0.2) is 0 Å². The van der Waals surface area contributed by atoms with Crippen molar-refractivity contribution >= 4 is 5.97 Å². The number of hydrogen-bond donors (Lipinski definition) is 6. The zero-order valence-electron chi connectivity index (χ0n) is 23.9. The quantitative estimate of drug-likeness (QED) is 0.130. The summed E-state index contributed by atoms with van der Waals surface area (Å²) in [5.74, 6) is -1.31. The van der Waals surface area contributed by atoms with Gasteiger partial charge in [0.25, 0.3) is 0 Å². The molecule has 0 bridgehead atoms. The number of hydrogen-bond acceptors (Lipinski definition) is 13. The van der Waals surface area contributed by atoms with Crippen LogP contribution in [0.2, 0.25) is 0 Å². The van der Waals surface area contributed by atoms with Crippen LogP contribution in [0.3, 0.4) is 0 Å². The normalized spacial score (nSPS) is 43.2. The Bertz CT molecular complexity index is 801. The summed E-state index contributed by atoms with van der Waals surface area (Å²) >= 11 is 0. The zero-order valence-corrected chi connectivity index (χ0v) is 25.9. The molecule has 13 nitrogen and oxygen atoms in total. The van der Waals surface area contributed by atoms with Gasteiger partial charge in [-0.15, -0.1) is 0 Å². The summed E-state index contributed by atoms with van der Waals surface area (Å²) in [7, 11) is 0. The molecule has 2 saturated heterocycles. The van der Waals surface area contributed by atoms with Gasteiger partial charge >= 0.3 is 29.6 Å². The van der Waals surface area contributed by atoms with Crippen molar-refractivity contribution in [1.29, 1.82) is 0 Å². The van der Waals surface area contributed by atoms with Crippen molar-refractivity contribution < 1.29 is 93.8 Å². The van der Waals surface area contributed by atoms with Crippen LogP contribution in [-0.2, 0) is 28.5 Å². The molecule has 6 N–H and O–H groups in total. The molecule has 0 amide bonds. The number of carbonyl (C=O) groups is 1. The average molecular weight is 601 g/mol. The fraction of sp³-hybridized carbons (Fsp3) is 0.963. The van der Waals surface area contributed by atoms with Gasteiger partial charge in [0.15, 0.2) is 12.6 Å². The Labute approximate surface area is 262 Å². The van der Waals surface area contributed by atoms with Crippen LogP contribution in [0.25, 0.3) is 0 Å². The maximum absolute atomic E-state index is 11.9. The van der Waals surface area contributed by atoms with Crippen molar-refractivity contribution in [2.45, 2.75) is 151 Å². The minimum absolute atomic E-state index is 0. The molecule has 0 aromatic heterocycles. The van der Waals surface area contributed by atoms with Crippen LogP contribution < -0.4 is 34.7 Å². The SMILES string of the molecule is C[C@@H]1O[C@@H](O[C@@H]2CCCC[C@@H]2O[C@@H]2O[C@H](CO)[C@H](O)[C@@H](O[C@@H](CC3CCCCC3)C(=O)[O-])[C@H]2O)[C@@H](O)[C@H](O)[C@@H]1O.[Na+]. The monoisotopic (exact) mass is 600 g/mol. The van der Waals surface area contributed by atoms with Crippen molar-refractivity contribution in [3.63, 3.8) is 0 Å². The van der Waals surface area contributed by atoms with Gasteiger partial charge in [0.2, 0.25) is 0 Å². The molecule has 2 aliphatic carbocycles. The van der Waals surface area contributed by atoms with Crippen molar-refractivity contribution in [3.05, 3.63) is 0 Å². The molecule has 41 heavy (non-hydrogen) atoms. The summed E-state index contributed by atoms with van der Waals surface area (Å²) < 4.78 is 29.1. The van der Waals surface area contributed by atoms with E-state index in [1.165, 1.54) is 0 Å². The standard InChI is InChI=1S/C27H46O13.Na/c1-13-19(29)21(31)22(32)26(36-13)38-15-9-5-6-10-16(15)39-27-23(33)24(20(30)18(12-28)40-27)37-17(25(34)35)11-14-7-3-2-4-8-14;/h13-24,26-33H,2-12H2,1H3,(H,34,35);/q;+1/p-1/t13-,15+,16-,17-,18+,19+,20-,21+,22-,23+,24+,26-,27+;/m0./s1. The van der Waals surface area contributed by atoms with Crippen molar-refractivity contribution in [2.75, 3.05) is 6.61 Å². The number of aliphatic carboxylic acids is 1. The zero-order chi connectivity index (χ0) is 29.0. The van der Waals surface area contributed by atoms with E-state index < -0.39 is 92.3 Å². The van der Waals surface area contributed by atoms with E-state index in [4.69, 9.17) is 23.7 Å². The van der Waals surface area contributed by atoms with Gasteiger partial charge in [-0.05, 0) is 32.1 Å². The third-order valence-corrected chi connectivity index (χ3v) is 8.75. The number of aliphatic hydroxyl groups is 6. The van der Waals surface area contributed by atoms with Gasteiger partial charge in [-0.2, -0.15) is 0 Å². The Morgan fingerprint density at radius 1 is 0.805 bits per heavy atom. The Balaban J connectivity index is 0.00000462. The van der Waals surface area contributed by atoms with E-state index in [0.717, 1.165) is 44.9 Å². The molecule has 0 spiro atoms. The maximum Gasteiger partial charge on any atom is 1.00 e. The summed E-state index contributed by atoms with van der Waals surface area (Å²) in [5.41, 5.74) is 0. The van der Waals surface area contributed by atoms with E-state index >= 15 is 0 Å². The Hall–Kier alpha value is 0.0300. The van der Waals surface area contributed by atoms with Gasteiger partial charge in [-0.25, -0.2) is 0 Å². The first-order valence-electron chi connectivity index (χ1n) is 14.6. The summed E-state index contributed by atoms with van der Waals surface area (Å²) in [6, 6.07) is 0. The van der Waals surface area contributed by atoms with Crippen molar-refractivity contribution in [1.82, 2.24) is 0 Å². The summed E-state index contributed by atoms with van der Waals surface area (Å²) in [5, 5.41) is 74.2. The summed E-state index contributed by atoms with van der Waals surface area (Å²) in [4.78, 5) is 11.9. The molecule has 0 radical (unpaired) electrons. The van der Waals surface area contributed by atoms with E-state index in [-0.39, 0.29) is 41.9 Å². The van der Waals surface area contributed by atoms with Gasteiger partial charge < -0.3 is 64.2 Å². The number of carbonyl (C=O) groups excluding carboxylic acids is 1. The van der Waals surface area contributed by atoms with Crippen LogP contribution in [-0.4, -0.2) is 123 Å². The Morgan fingerprint density at radius 2 is 1.37 bits per heavy atom. The van der Waals surface area contributed by atoms with Gasteiger partial charge in [0.05, 0.1) is 37.0 Å². The summed E-state index contributed by atoms with van der Waals surface area (Å²) in [6.45, 7) is 0.920. The first-order chi connectivity index (χ1) is 19.1. The molecule has 2 saturated carbocycles. The molecule has 14 heteroatoms. The molecule has 2 heterocycles. The van der Waals surface area contributed by atoms with E-state index in [9.17, 15) is 40.5 Å². The van der Waals surface area contributed by atoms with Crippen LogP contribution in [0.1, 0.15) is 71.1 Å². The molecule has 13 atom stereocenters. The Kier molecular flexibility index (Phi) is 14.2. The van der Waals surface area contributed by atoms with Crippen LogP contribution in [0, 0.1) is 5.92 Å². The van der Waals surface area contributed by atoms with Crippen molar-refractivity contribution in [3.8, 4) is 0 Å². The van der Waals surface area contributed by atoms with E-state index in [0.29, 0.717) is 12.8 Å². The molecule has 0 aromatic carbocycles. The van der Waals surface area contributed by atoms with Gasteiger partial charge in [0, 0.05) is 0 Å². The smallest absolute Gasteiger partial charge is 0.547 e. The summed E-state index contributed by atoms with van der Waals surface area (Å²) in [6.07, 6.45) is -8.50. The van der Waals surface area contributed by atoms with Crippen molar-refractivity contribution in [2.24, 2.45) is 5.92 Å². The first kappa shape index (κ1) is 35.5. The third kappa shape index (κ3) is 8.82. The number of carboxylic acid groups (broad SMARTS) is 1. The number of ether oxygens (including phenoxy) is 5. The van der Waals surface area contributed by atoms with Crippen LogP contribution >= 0.6 is 0 Å². The first-order valence-corrected chi connectivity index (χ1v) is 14.6. The predicted molar refractivity (Wildman–Crippen MR) is 133 cm³/mol.